The summed E-state index contributed by atoms with van der Waals surface area (Å²) in [5.74, 6) is -0.489. The zero-order valence-corrected chi connectivity index (χ0v) is 11.1. The van der Waals surface area contributed by atoms with Crippen molar-refractivity contribution in [3.8, 4) is 0 Å². The lowest BCUT2D eigenvalue weighted by Gasteiger charge is -2.15. The first-order chi connectivity index (χ1) is 8.67. The molecule has 0 saturated carbocycles. The maximum absolute atomic E-state index is 10.6. The molecule has 1 aromatic heterocycles. The number of aliphatic carboxylic acids is 1. The number of carbonyl (C=O) groups is 1. The molecule has 0 fully saturated rings. The molecule has 9 heteroatoms. The monoisotopic (exact) mass is 276 g/mol. The van der Waals surface area contributed by atoms with Crippen LogP contribution in [0.1, 0.15) is 13.8 Å². The van der Waals surface area contributed by atoms with Gasteiger partial charge in [0, 0.05) is 13.2 Å². The summed E-state index contributed by atoms with van der Waals surface area (Å²) in [4.78, 5) is 10.6. The fraction of sp³-hybridized carbons (Fsp3) is 0.778. The molecule has 0 aliphatic heterocycles. The summed E-state index contributed by atoms with van der Waals surface area (Å²) >= 11 is 1.30. The maximum atomic E-state index is 10.6. The topological polar surface area (TPSA) is 99.4 Å². The van der Waals surface area contributed by atoms with Crippen LogP contribution in [0.4, 0.5) is 0 Å². The Bertz CT molecular complexity index is 367. The first-order valence-electron chi connectivity index (χ1n) is 5.51. The van der Waals surface area contributed by atoms with Crippen molar-refractivity contribution < 1.29 is 19.4 Å². The van der Waals surface area contributed by atoms with Crippen molar-refractivity contribution in [2.24, 2.45) is 0 Å². The van der Waals surface area contributed by atoms with Gasteiger partial charge in [-0.15, -0.1) is 5.10 Å². The van der Waals surface area contributed by atoms with Gasteiger partial charge in [-0.3, -0.25) is 4.79 Å². The van der Waals surface area contributed by atoms with Gasteiger partial charge >= 0.3 is 5.97 Å². The number of ether oxygens (including phenoxy) is 2. The number of nitrogens with zero attached hydrogens (tertiary/aromatic N) is 4. The van der Waals surface area contributed by atoms with E-state index in [2.05, 4.69) is 15.5 Å². The van der Waals surface area contributed by atoms with Gasteiger partial charge in [-0.05, 0) is 24.3 Å². The van der Waals surface area contributed by atoms with Gasteiger partial charge in [0.1, 0.15) is 6.54 Å². The van der Waals surface area contributed by atoms with Gasteiger partial charge in [-0.2, -0.15) is 0 Å². The first kappa shape index (κ1) is 14.9. The van der Waals surface area contributed by atoms with Gasteiger partial charge in [0.05, 0.1) is 5.75 Å². The van der Waals surface area contributed by atoms with Crippen molar-refractivity contribution in [1.82, 2.24) is 20.2 Å². The Hall–Kier alpha value is -1.19. The zero-order valence-electron chi connectivity index (χ0n) is 10.3. The van der Waals surface area contributed by atoms with Gasteiger partial charge in [0.25, 0.3) is 0 Å². The second-order valence-electron chi connectivity index (χ2n) is 3.16. The number of thioether (sulfide) groups is 1. The number of hydrogen-bond donors (Lipinski definition) is 1. The Balaban J connectivity index is 2.50. The van der Waals surface area contributed by atoms with Crippen molar-refractivity contribution >= 4 is 17.7 Å². The summed E-state index contributed by atoms with van der Waals surface area (Å²) in [5.41, 5.74) is 0. The van der Waals surface area contributed by atoms with E-state index in [0.717, 1.165) is 0 Å². The molecule has 0 aliphatic rings. The maximum Gasteiger partial charge on any atom is 0.325 e. The highest BCUT2D eigenvalue weighted by molar-refractivity contribution is 7.99. The van der Waals surface area contributed by atoms with Crippen LogP contribution in [0.15, 0.2) is 5.16 Å². The van der Waals surface area contributed by atoms with Gasteiger partial charge < -0.3 is 14.6 Å². The molecule has 102 valence electrons. The highest BCUT2D eigenvalue weighted by Crippen LogP contribution is 2.16. The van der Waals surface area contributed by atoms with Crippen LogP contribution in [0, 0.1) is 0 Å². The van der Waals surface area contributed by atoms with E-state index in [4.69, 9.17) is 14.6 Å². The van der Waals surface area contributed by atoms with E-state index in [1.54, 1.807) is 0 Å². The number of carboxylic acid groups (broad SMARTS) is 1. The summed E-state index contributed by atoms with van der Waals surface area (Å²) in [6.45, 7) is 4.59. The van der Waals surface area contributed by atoms with Gasteiger partial charge in [-0.25, -0.2) is 4.68 Å². The molecule has 1 aromatic rings. The molecule has 1 rings (SSSR count). The van der Waals surface area contributed by atoms with Crippen molar-refractivity contribution in [3.05, 3.63) is 0 Å². The molecule has 0 amide bonds. The van der Waals surface area contributed by atoms with Crippen LogP contribution in [0.5, 0.6) is 0 Å². The van der Waals surface area contributed by atoms with Crippen LogP contribution >= 0.6 is 11.8 Å². The van der Waals surface area contributed by atoms with Gasteiger partial charge in [-0.1, -0.05) is 11.8 Å². The molecular formula is C9H16N4O4S. The molecule has 0 saturated heterocycles. The van der Waals surface area contributed by atoms with Crippen LogP contribution in [0.3, 0.4) is 0 Å². The van der Waals surface area contributed by atoms with Crippen molar-refractivity contribution in [2.45, 2.75) is 31.8 Å². The van der Waals surface area contributed by atoms with Crippen LogP contribution in [0.25, 0.3) is 0 Å². The van der Waals surface area contributed by atoms with Gasteiger partial charge in [0.2, 0.25) is 5.16 Å². The Morgan fingerprint density at radius 2 is 2.11 bits per heavy atom. The predicted molar refractivity (Wildman–Crippen MR) is 63.2 cm³/mol. The third-order valence-electron chi connectivity index (χ3n) is 1.84. The molecule has 1 heterocycles. The molecule has 0 aliphatic carbocycles. The lowest BCUT2D eigenvalue weighted by Crippen LogP contribution is -2.20. The first-order valence-corrected chi connectivity index (χ1v) is 6.49. The minimum Gasteiger partial charge on any atom is -0.480 e. The van der Waals surface area contributed by atoms with Crippen molar-refractivity contribution in [3.63, 3.8) is 0 Å². The van der Waals surface area contributed by atoms with Crippen LogP contribution < -0.4 is 0 Å². The number of aromatic nitrogens is 4. The summed E-state index contributed by atoms with van der Waals surface area (Å²) in [7, 11) is 0. The second kappa shape index (κ2) is 8.01. The molecule has 0 spiro atoms. The molecule has 8 nitrogen and oxygen atoms in total. The number of carboxylic acids is 1. The standard InChI is InChI=1S/C9H16N4O4S/c1-3-16-8(17-4-2)6-18-9-10-11-12-13(9)5-7(14)15/h8H,3-6H2,1-2H3,(H,14,15). The van der Waals surface area contributed by atoms with Crippen LogP contribution in [-0.4, -0.2) is 56.5 Å². The molecule has 0 atom stereocenters. The smallest absolute Gasteiger partial charge is 0.325 e. The fourth-order valence-electron chi connectivity index (χ4n) is 1.19. The highest BCUT2D eigenvalue weighted by Gasteiger charge is 2.14. The van der Waals surface area contributed by atoms with E-state index < -0.39 is 5.97 Å². The van der Waals surface area contributed by atoms with E-state index in [-0.39, 0.29) is 12.8 Å². The predicted octanol–water partition coefficient (Wildman–Crippen LogP) is 0.249. The molecule has 0 aromatic carbocycles. The summed E-state index contributed by atoms with van der Waals surface area (Å²) in [6, 6.07) is 0. The Morgan fingerprint density at radius 3 is 2.67 bits per heavy atom. The molecule has 0 bridgehead atoms. The summed E-state index contributed by atoms with van der Waals surface area (Å²) < 4.78 is 12.0. The second-order valence-corrected chi connectivity index (χ2v) is 4.15. The van der Waals surface area contributed by atoms with Gasteiger partial charge in [0.15, 0.2) is 6.29 Å². The quantitative estimate of drug-likeness (QED) is 0.506. The fourth-order valence-corrected chi connectivity index (χ4v) is 2.01. The zero-order chi connectivity index (χ0) is 13.4. The van der Waals surface area contributed by atoms with E-state index in [9.17, 15) is 4.79 Å². The van der Waals surface area contributed by atoms with E-state index in [0.29, 0.717) is 24.1 Å². The van der Waals surface area contributed by atoms with Crippen molar-refractivity contribution in [1.29, 1.82) is 0 Å². The van der Waals surface area contributed by atoms with Crippen LogP contribution in [0.2, 0.25) is 0 Å². The third-order valence-corrected chi connectivity index (χ3v) is 2.83. The third kappa shape index (κ3) is 4.98. The molecule has 1 N–H and O–H groups in total. The molecular weight excluding hydrogens is 260 g/mol. The lowest BCUT2D eigenvalue weighted by atomic mass is 10.7. The Morgan fingerprint density at radius 1 is 1.44 bits per heavy atom. The minimum absolute atomic E-state index is 0.261. The number of hydrogen-bond acceptors (Lipinski definition) is 7. The normalized spacial score (nSPS) is 11.1. The Kier molecular flexibility index (Phi) is 6.61. The van der Waals surface area contributed by atoms with E-state index in [1.165, 1.54) is 16.4 Å². The summed E-state index contributed by atoms with van der Waals surface area (Å²) in [5, 5.41) is 19.9. The van der Waals surface area contributed by atoms with E-state index >= 15 is 0 Å². The average molecular weight is 276 g/mol. The largest absolute Gasteiger partial charge is 0.480 e. The molecule has 0 unspecified atom stereocenters. The SMILES string of the molecule is CCOC(CSc1nnnn1CC(=O)O)OCC. The Labute approximate surface area is 109 Å². The molecule has 18 heavy (non-hydrogen) atoms. The van der Waals surface area contributed by atoms with E-state index in [1.807, 2.05) is 13.8 Å². The van der Waals surface area contributed by atoms with Crippen LogP contribution in [-0.2, 0) is 20.8 Å². The number of tetrazole rings is 1. The molecule has 0 radical (unpaired) electrons. The summed E-state index contributed by atoms with van der Waals surface area (Å²) in [6.07, 6.45) is -0.347. The minimum atomic E-state index is -0.990. The van der Waals surface area contributed by atoms with Crippen molar-refractivity contribution in [2.75, 3.05) is 19.0 Å². The number of rotatable bonds is 9. The highest BCUT2D eigenvalue weighted by atomic mass is 32.2. The average Bonchev–Trinajstić information content (AvgIpc) is 2.73. The lowest BCUT2D eigenvalue weighted by molar-refractivity contribution is -0.138.